The molecule has 752 valence electrons. The molecule has 24 rings (SSSR count). The van der Waals surface area contributed by atoms with Crippen molar-refractivity contribution in [3.8, 4) is 41.7 Å². The number of hydrogen-bond donors (Lipinski definition) is 8. The number of nitrogen functional groups attached to an aromatic ring is 1. The van der Waals surface area contributed by atoms with Gasteiger partial charge in [0.05, 0.1) is 74.0 Å². The van der Waals surface area contributed by atoms with E-state index in [1.807, 2.05) is 54.5 Å². The third-order valence-electron chi connectivity index (χ3n) is 29.4. The van der Waals surface area contributed by atoms with Crippen molar-refractivity contribution in [1.82, 2.24) is 106 Å². The molecule has 10 saturated carbocycles. The van der Waals surface area contributed by atoms with Crippen molar-refractivity contribution in [2.24, 2.45) is 45.9 Å². The number of alkyl halides is 3. The molecule has 10 aromatic rings. The number of nitrogens with two attached hydrogens (primary N) is 1. The lowest BCUT2D eigenvalue weighted by Crippen LogP contribution is -2.68. The minimum atomic E-state index is -4.74. The Morgan fingerprint density at radius 2 is 1.16 bits per heavy atom. The fourth-order valence-electron chi connectivity index (χ4n) is 20.5. The van der Waals surface area contributed by atoms with E-state index >= 15 is 0 Å². The van der Waals surface area contributed by atoms with Gasteiger partial charge < -0.3 is 80.0 Å². The Morgan fingerprint density at radius 1 is 0.594 bits per heavy atom. The number of hydrogen-bond acceptors (Lipinski definition) is 34. The Morgan fingerprint density at radius 3 is 1.71 bits per heavy atom. The standard InChI is InChI=1S/C26H28N8O2.C25H30F3N7O4.C25H31N7O3.C24H30N6O3/c27-14-25(5-6-25)15-36-20-10-19(29-23(30-20)24(35)31-26-11-16(12-26)13-26)34-8-3-17(4-9-34)21-18-2-1-7-28-22(18)33-32-21;26-25(27,28)21(4-8-36)33-23(37)19-10-22(34-24(32-19)39-14-17-9-16(17)11-29)35-6-2-15(3-7-35)13-38-20-12-31-5-1-18(20)30;1-15(14-34-2)35-20-10-19(27-23(28-20)24(33)29-25-11-16(12-25)13-25)32-8-5-17(6-9-32)21-18-4-3-7-26-22(18)31-30-21;1-14(13-32-2)33-24-29-21(28-22(30-24)23(31)27-17-9-10-17)16-7-5-15(6-8-16)20-18-4-3-11-25-19(18)12-26-20/h1-2,7,10,16-17H,3-6,8-9,11-13,15H2,(H,31,35)(H,28,32,33);1,5,10,12,15-17,21,36H,2-4,6-9,13-14H2,(H2,30,31)(H,33,37);3-4,7,10,15-17H,5-6,8-9,11-14H2,1-2H3,(H,29,33)(H,26,30,31);3-4,11,14-17H,5-10,12-13H2,1-2H3,(H,27,31)/t;16-,17?,21?;15-,16?,25?;14-,15?,16?/m.011/s1. The highest BCUT2D eigenvalue weighted by Crippen LogP contribution is 2.58. The molecule has 4 amide bonds. The summed E-state index contributed by atoms with van der Waals surface area (Å²) in [6.07, 6.45) is 22.5. The smallest absolute Gasteiger partial charge is 0.408 e. The van der Waals surface area contributed by atoms with Gasteiger partial charge in [-0.2, -0.15) is 63.8 Å². The molecule has 2 unspecified atom stereocenters. The number of rotatable bonds is 34. The molecule has 0 radical (unpaired) electrons. The Kier molecular flexibility index (Phi) is 29.3. The van der Waals surface area contributed by atoms with Gasteiger partial charge in [0.2, 0.25) is 29.2 Å². The molecule has 143 heavy (non-hydrogen) atoms. The van der Waals surface area contributed by atoms with Gasteiger partial charge in [0.25, 0.3) is 23.6 Å². The third kappa shape index (κ3) is 23.4. The number of carbonyl (C=O) groups is 4. The van der Waals surface area contributed by atoms with Crippen molar-refractivity contribution < 1.29 is 70.6 Å². The molecule has 14 heterocycles. The monoisotopic (exact) mass is 1960 g/mol. The molecule has 13 fully saturated rings. The van der Waals surface area contributed by atoms with Crippen LogP contribution in [0.1, 0.15) is 244 Å². The van der Waals surface area contributed by atoms with E-state index < -0.39 is 36.6 Å². The van der Waals surface area contributed by atoms with Crippen molar-refractivity contribution in [3.05, 3.63) is 143 Å². The first-order chi connectivity index (χ1) is 69.3. The van der Waals surface area contributed by atoms with Gasteiger partial charge in [0.1, 0.15) is 53.8 Å². The van der Waals surface area contributed by atoms with Crippen molar-refractivity contribution in [2.75, 3.05) is 114 Å². The van der Waals surface area contributed by atoms with E-state index in [0.29, 0.717) is 104 Å². The normalized spacial score (nSPS) is 23.3. The minimum Gasteiger partial charge on any atom is -0.490 e. The number of halogens is 3. The second-order valence-corrected chi connectivity index (χ2v) is 40.2. The number of aromatic amines is 2. The fourth-order valence-corrected chi connectivity index (χ4v) is 20.5. The van der Waals surface area contributed by atoms with Crippen LogP contribution in [-0.4, -0.2) is 254 Å². The summed E-state index contributed by atoms with van der Waals surface area (Å²) in [5.41, 5.74) is 12.8. The topological polar surface area (TPSA) is 522 Å². The molecule has 9 N–H and O–H groups in total. The summed E-state index contributed by atoms with van der Waals surface area (Å²) in [5, 5.41) is 55.9. The predicted molar refractivity (Wildman–Crippen MR) is 514 cm³/mol. The Bertz CT molecular complexity index is 6320. The van der Waals surface area contributed by atoms with Crippen molar-refractivity contribution in [2.45, 2.75) is 221 Å². The number of anilines is 4. The summed E-state index contributed by atoms with van der Waals surface area (Å²) in [4.78, 5) is 120. The van der Waals surface area contributed by atoms with Crippen LogP contribution < -0.4 is 65.4 Å². The van der Waals surface area contributed by atoms with Crippen LogP contribution in [-0.2, 0) is 16.0 Å². The van der Waals surface area contributed by atoms with E-state index in [0.717, 1.165) is 211 Å². The number of nitriles is 2. The molecule has 5 atom stereocenters. The van der Waals surface area contributed by atoms with Crippen LogP contribution in [0, 0.1) is 63.6 Å². The SMILES string of the molecule is COC[C@@H](C)Oc1cc(N2CCC(c3[nH]nc4ncccc34)CC2)nc(C(=O)NC23CC(C2)C3)n1.COC[C@@H](C)Oc1nc(C(=O)NC2CC2)nc(C2CCC(C3=NCc4ncccc43)CC2)n1.N#CC1(COc2cc(N3CCC(c4[nH]nc5ncccc45)CC3)nc(C(=O)NC34CC(C3)C4)n2)CC1.N#C[C@@H]1CC1COc1nc(C(=O)NC(CCO)C(F)(F)F)cc(N2CCC(COc3cnccc3N)CC2)n1. The van der Waals surface area contributed by atoms with E-state index in [4.69, 9.17) is 54.3 Å². The largest absolute Gasteiger partial charge is 0.490 e. The molecule has 10 aromatic heterocycles. The summed E-state index contributed by atoms with van der Waals surface area (Å²) in [6.45, 7) is 9.78. The number of piperidine rings is 3. The number of nitrogens with zero attached hydrogens (tertiary/aromatic N) is 21. The van der Waals surface area contributed by atoms with Crippen LogP contribution in [0.2, 0.25) is 0 Å². The molecular weight excluding hydrogens is 1840 g/mol. The zero-order chi connectivity index (χ0) is 99.1. The lowest BCUT2D eigenvalue weighted by atomic mass is 9.50. The number of pyridine rings is 4. The lowest BCUT2D eigenvalue weighted by molar-refractivity contribution is -0.156. The van der Waals surface area contributed by atoms with E-state index in [-0.39, 0.29) is 119 Å². The molecule has 3 saturated heterocycles. The molecule has 0 aromatic carbocycles. The second-order valence-electron chi connectivity index (χ2n) is 40.2. The number of aliphatic imine (C=N–C) groups is 1. The lowest BCUT2D eigenvalue weighted by Gasteiger charge is -2.61. The van der Waals surface area contributed by atoms with Crippen LogP contribution in [0.25, 0.3) is 22.1 Å². The number of nitrogens with one attached hydrogen (secondary N) is 6. The van der Waals surface area contributed by atoms with E-state index in [2.05, 4.69) is 141 Å². The maximum atomic E-state index is 13.3. The first-order valence-electron chi connectivity index (χ1n) is 49.7. The first kappa shape index (κ1) is 98.0. The fraction of sp³-hybridized carbons (Fsp3) is 0.560. The Hall–Kier alpha value is -13.8. The zero-order valence-corrected chi connectivity index (χ0v) is 80.5. The summed E-state index contributed by atoms with van der Waals surface area (Å²) in [5.74, 6) is 5.29. The molecule has 4 aliphatic heterocycles. The van der Waals surface area contributed by atoms with Crippen LogP contribution in [0.5, 0.6) is 29.5 Å². The van der Waals surface area contributed by atoms with Gasteiger partial charge in [-0.15, -0.1) is 0 Å². The van der Waals surface area contributed by atoms with E-state index in [1.165, 1.54) is 17.3 Å². The summed E-state index contributed by atoms with van der Waals surface area (Å²) < 4.78 is 79.5. The van der Waals surface area contributed by atoms with Crippen LogP contribution in [0.4, 0.5) is 36.3 Å². The highest BCUT2D eigenvalue weighted by Gasteiger charge is 2.59. The number of aliphatic hydroxyl groups excluding tert-OH is 1. The first-order valence-corrected chi connectivity index (χ1v) is 49.7. The van der Waals surface area contributed by atoms with Gasteiger partial charge in [-0.05, 0) is 215 Å². The molecule has 0 spiro atoms. The van der Waals surface area contributed by atoms with Crippen LogP contribution in [0.15, 0.2) is 96.6 Å². The molecule has 10 aliphatic carbocycles. The molecular formula is C100H119F3N28O12. The van der Waals surface area contributed by atoms with Gasteiger partial charge in [0, 0.05) is 183 Å². The summed E-state index contributed by atoms with van der Waals surface area (Å²) >= 11 is 0. The predicted octanol–water partition coefficient (Wildman–Crippen LogP) is 11.1. The number of aliphatic hydroxyl groups is 1. The summed E-state index contributed by atoms with van der Waals surface area (Å²) in [7, 11) is 3.26. The molecule has 43 heteroatoms. The maximum Gasteiger partial charge on any atom is 0.408 e. The maximum absolute atomic E-state index is 13.3. The van der Waals surface area contributed by atoms with Gasteiger partial charge in [-0.25, -0.2) is 24.9 Å². The number of amides is 4. The van der Waals surface area contributed by atoms with Gasteiger partial charge in [-0.3, -0.25) is 44.3 Å². The minimum absolute atomic E-state index is 0.0169. The van der Waals surface area contributed by atoms with E-state index in [1.54, 1.807) is 51.1 Å². The van der Waals surface area contributed by atoms with Crippen LogP contribution >= 0.6 is 0 Å². The number of methoxy groups -OCH3 is 2. The number of H-pyrrole nitrogens is 2. The average Bonchev–Trinajstić information content (AvgIpc) is 1.66. The number of carbonyl (C=O) groups excluding carboxylic acids is 4. The molecule has 4 bridgehead atoms. The number of aromatic nitrogens is 17. The number of ether oxygens (including phenoxy) is 7. The van der Waals surface area contributed by atoms with Gasteiger partial charge >= 0.3 is 18.2 Å². The Labute approximate surface area is 823 Å². The highest BCUT2D eigenvalue weighted by atomic mass is 19.4. The van der Waals surface area contributed by atoms with Crippen molar-refractivity contribution >= 4 is 74.5 Å². The van der Waals surface area contributed by atoms with Crippen LogP contribution in [0.3, 0.4) is 0 Å². The number of fused-ring (bicyclic) bond motifs is 3. The zero-order valence-electron chi connectivity index (χ0n) is 80.5. The molecule has 14 aliphatic rings. The highest BCUT2D eigenvalue weighted by molar-refractivity contribution is 6.05. The molecule has 40 nitrogen and oxygen atoms in total. The summed E-state index contributed by atoms with van der Waals surface area (Å²) in [6, 6.07) is 21.3. The van der Waals surface area contributed by atoms with Crippen molar-refractivity contribution in [3.63, 3.8) is 0 Å². The third-order valence-corrected chi connectivity index (χ3v) is 29.4. The van der Waals surface area contributed by atoms with E-state index in [9.17, 15) is 37.6 Å². The average molecular weight is 1960 g/mol. The van der Waals surface area contributed by atoms with Crippen molar-refractivity contribution in [1.29, 1.82) is 10.5 Å². The Balaban J connectivity index is 0.000000121. The quantitative estimate of drug-likeness (QED) is 0.0186. The van der Waals surface area contributed by atoms with Gasteiger partial charge in [-0.1, -0.05) is 0 Å². The van der Waals surface area contributed by atoms with Gasteiger partial charge in [0.15, 0.2) is 17.0 Å². The second kappa shape index (κ2) is 42.8.